The molecule has 1 aromatic carbocycles. The predicted octanol–water partition coefficient (Wildman–Crippen LogP) is 2.21. The van der Waals surface area contributed by atoms with Gasteiger partial charge in [0.25, 0.3) is 0 Å². The second-order valence-electron chi connectivity index (χ2n) is 4.55. The Bertz CT molecular complexity index is 548. The lowest BCUT2D eigenvalue weighted by Gasteiger charge is -2.16. The molecule has 1 amide bonds. The van der Waals surface area contributed by atoms with Crippen LogP contribution in [0, 0.1) is 0 Å². The van der Waals surface area contributed by atoms with Gasteiger partial charge in [-0.05, 0) is 18.6 Å². The molecule has 2 aromatic rings. The molecule has 0 aliphatic rings. The number of para-hydroxylation sites is 1. The van der Waals surface area contributed by atoms with Gasteiger partial charge in [0.2, 0.25) is 5.91 Å². The van der Waals surface area contributed by atoms with E-state index < -0.39 is 0 Å². The number of nitrogens with one attached hydrogen (secondary N) is 1. The Morgan fingerprint density at radius 2 is 2.16 bits per heavy atom. The van der Waals surface area contributed by atoms with E-state index >= 15 is 0 Å². The lowest BCUT2D eigenvalue weighted by molar-refractivity contribution is -0.129. The number of aromatic nitrogens is 1. The zero-order chi connectivity index (χ0) is 13.7. The lowest BCUT2D eigenvalue weighted by atomic mass is 10.1. The van der Waals surface area contributed by atoms with Crippen molar-refractivity contribution in [3.05, 3.63) is 36.0 Å². The molecule has 1 heterocycles. The summed E-state index contributed by atoms with van der Waals surface area (Å²) >= 11 is 0. The van der Waals surface area contributed by atoms with Gasteiger partial charge in [0.05, 0.1) is 13.0 Å². The van der Waals surface area contributed by atoms with E-state index in [0.29, 0.717) is 26.2 Å². The quantitative estimate of drug-likeness (QED) is 0.809. The average molecular weight is 260 g/mol. The first-order chi connectivity index (χ1) is 9.22. The van der Waals surface area contributed by atoms with E-state index in [1.807, 2.05) is 44.4 Å². The number of aromatic amines is 1. The molecule has 1 N–H and O–H groups in total. The number of H-pyrrole nitrogens is 1. The average Bonchev–Trinajstić information content (AvgIpc) is 2.82. The van der Waals surface area contributed by atoms with Gasteiger partial charge in [0.15, 0.2) is 0 Å². The number of carbonyl (C=O) groups excluding carboxylic acids is 1. The molecule has 102 valence electrons. The Kier molecular flexibility index (Phi) is 4.58. The molecule has 0 radical (unpaired) electrons. The second kappa shape index (κ2) is 6.38. The molecule has 4 heteroatoms. The first-order valence-corrected chi connectivity index (χ1v) is 6.59. The summed E-state index contributed by atoms with van der Waals surface area (Å²) in [6.07, 6.45) is 2.34. The standard InChI is InChI=1S/C15H20N2O2/c1-3-19-9-8-17(2)15(18)10-12-11-16-14-7-5-4-6-13(12)14/h4-7,11,16H,3,8-10H2,1-2H3. The highest BCUT2D eigenvalue weighted by Crippen LogP contribution is 2.18. The van der Waals surface area contributed by atoms with Gasteiger partial charge < -0.3 is 14.6 Å². The highest BCUT2D eigenvalue weighted by atomic mass is 16.5. The van der Waals surface area contributed by atoms with Crippen LogP contribution in [0.15, 0.2) is 30.5 Å². The molecule has 2 rings (SSSR count). The van der Waals surface area contributed by atoms with Crippen LogP contribution >= 0.6 is 0 Å². The van der Waals surface area contributed by atoms with Crippen molar-refractivity contribution in [2.45, 2.75) is 13.3 Å². The first kappa shape index (κ1) is 13.6. The molecule has 0 unspecified atom stereocenters. The number of amides is 1. The van der Waals surface area contributed by atoms with Crippen molar-refractivity contribution in [3.8, 4) is 0 Å². The monoisotopic (exact) mass is 260 g/mol. The summed E-state index contributed by atoms with van der Waals surface area (Å²) in [7, 11) is 1.82. The molecule has 4 nitrogen and oxygen atoms in total. The van der Waals surface area contributed by atoms with Crippen LogP contribution in [0.3, 0.4) is 0 Å². The van der Waals surface area contributed by atoms with Gasteiger partial charge in [-0.1, -0.05) is 18.2 Å². The van der Waals surface area contributed by atoms with Gasteiger partial charge in [0, 0.05) is 37.3 Å². The highest BCUT2D eigenvalue weighted by molar-refractivity contribution is 5.88. The fourth-order valence-corrected chi connectivity index (χ4v) is 2.05. The maximum atomic E-state index is 12.1. The summed E-state index contributed by atoms with van der Waals surface area (Å²) in [4.78, 5) is 17.0. The predicted molar refractivity (Wildman–Crippen MR) is 76.1 cm³/mol. The van der Waals surface area contributed by atoms with Gasteiger partial charge in [-0.2, -0.15) is 0 Å². The summed E-state index contributed by atoms with van der Waals surface area (Å²) < 4.78 is 5.26. The van der Waals surface area contributed by atoms with Crippen LogP contribution < -0.4 is 0 Å². The van der Waals surface area contributed by atoms with Crippen molar-refractivity contribution in [1.29, 1.82) is 0 Å². The second-order valence-corrected chi connectivity index (χ2v) is 4.55. The molecular weight excluding hydrogens is 240 g/mol. The summed E-state index contributed by atoms with van der Waals surface area (Å²) in [5.41, 5.74) is 2.12. The fraction of sp³-hybridized carbons (Fsp3) is 0.400. The first-order valence-electron chi connectivity index (χ1n) is 6.59. The summed E-state index contributed by atoms with van der Waals surface area (Å²) in [6, 6.07) is 8.03. The van der Waals surface area contributed by atoms with E-state index in [1.165, 1.54) is 0 Å². The van der Waals surface area contributed by atoms with Gasteiger partial charge in [0.1, 0.15) is 0 Å². The van der Waals surface area contributed by atoms with E-state index in [1.54, 1.807) is 4.90 Å². The minimum atomic E-state index is 0.115. The summed E-state index contributed by atoms with van der Waals surface area (Å²) in [5, 5.41) is 1.12. The highest BCUT2D eigenvalue weighted by Gasteiger charge is 2.12. The maximum Gasteiger partial charge on any atom is 0.226 e. The van der Waals surface area contributed by atoms with Crippen LogP contribution in [0.5, 0.6) is 0 Å². The molecule has 0 fully saturated rings. The Morgan fingerprint density at radius 3 is 2.95 bits per heavy atom. The third-order valence-corrected chi connectivity index (χ3v) is 3.22. The van der Waals surface area contributed by atoms with Gasteiger partial charge in [-0.3, -0.25) is 4.79 Å². The normalized spacial score (nSPS) is 10.8. The van der Waals surface area contributed by atoms with Crippen molar-refractivity contribution >= 4 is 16.8 Å². The number of carbonyl (C=O) groups is 1. The number of hydrogen-bond donors (Lipinski definition) is 1. The third-order valence-electron chi connectivity index (χ3n) is 3.22. The number of likely N-dealkylation sites (N-methyl/N-ethyl adjacent to an activating group) is 1. The van der Waals surface area contributed by atoms with E-state index in [4.69, 9.17) is 4.74 Å². The minimum Gasteiger partial charge on any atom is -0.380 e. The van der Waals surface area contributed by atoms with Gasteiger partial charge >= 0.3 is 0 Å². The van der Waals surface area contributed by atoms with Gasteiger partial charge in [-0.25, -0.2) is 0 Å². The van der Waals surface area contributed by atoms with Crippen molar-refractivity contribution in [1.82, 2.24) is 9.88 Å². The molecule has 0 bridgehead atoms. The molecule has 0 atom stereocenters. The summed E-state index contributed by atoms with van der Waals surface area (Å²) in [6.45, 7) is 3.86. The fourth-order valence-electron chi connectivity index (χ4n) is 2.05. The molecule has 1 aromatic heterocycles. The SMILES string of the molecule is CCOCCN(C)C(=O)Cc1c[nH]c2ccccc12. The lowest BCUT2D eigenvalue weighted by Crippen LogP contribution is -2.31. The molecule has 0 saturated heterocycles. The van der Waals surface area contributed by atoms with Crippen molar-refractivity contribution in [2.24, 2.45) is 0 Å². The van der Waals surface area contributed by atoms with Crippen LogP contribution in [-0.4, -0.2) is 42.6 Å². The van der Waals surface area contributed by atoms with Crippen LogP contribution in [0.4, 0.5) is 0 Å². The number of hydrogen-bond acceptors (Lipinski definition) is 2. The largest absolute Gasteiger partial charge is 0.380 e. The zero-order valence-electron chi connectivity index (χ0n) is 11.5. The van der Waals surface area contributed by atoms with Crippen molar-refractivity contribution in [2.75, 3.05) is 26.8 Å². The molecular formula is C15H20N2O2. The van der Waals surface area contributed by atoms with E-state index in [2.05, 4.69) is 4.98 Å². The van der Waals surface area contributed by atoms with E-state index in [-0.39, 0.29) is 5.91 Å². The number of fused-ring (bicyclic) bond motifs is 1. The Morgan fingerprint density at radius 1 is 1.37 bits per heavy atom. The third kappa shape index (κ3) is 3.35. The molecule has 0 aliphatic carbocycles. The number of ether oxygens (including phenoxy) is 1. The topological polar surface area (TPSA) is 45.3 Å². The van der Waals surface area contributed by atoms with E-state index in [0.717, 1.165) is 16.5 Å². The minimum absolute atomic E-state index is 0.115. The number of benzene rings is 1. The Hall–Kier alpha value is -1.81. The molecule has 19 heavy (non-hydrogen) atoms. The Labute approximate surface area is 113 Å². The van der Waals surface area contributed by atoms with Crippen LogP contribution in [0.25, 0.3) is 10.9 Å². The van der Waals surface area contributed by atoms with Crippen LogP contribution in [0.1, 0.15) is 12.5 Å². The van der Waals surface area contributed by atoms with Crippen molar-refractivity contribution in [3.63, 3.8) is 0 Å². The molecule has 0 saturated carbocycles. The molecule has 0 aliphatic heterocycles. The van der Waals surface area contributed by atoms with Crippen LogP contribution in [0.2, 0.25) is 0 Å². The van der Waals surface area contributed by atoms with E-state index in [9.17, 15) is 4.79 Å². The molecule has 0 spiro atoms. The number of rotatable bonds is 6. The summed E-state index contributed by atoms with van der Waals surface area (Å²) in [5.74, 6) is 0.115. The zero-order valence-corrected chi connectivity index (χ0v) is 11.5. The van der Waals surface area contributed by atoms with Crippen molar-refractivity contribution < 1.29 is 9.53 Å². The smallest absolute Gasteiger partial charge is 0.226 e. The maximum absolute atomic E-state index is 12.1. The number of nitrogens with zero attached hydrogens (tertiary/aromatic N) is 1. The van der Waals surface area contributed by atoms with Crippen LogP contribution in [-0.2, 0) is 16.0 Å². The van der Waals surface area contributed by atoms with Gasteiger partial charge in [-0.15, -0.1) is 0 Å². The Balaban J connectivity index is 1.98.